The fourth-order valence-corrected chi connectivity index (χ4v) is 3.34. The number of carboxylic acid groups (broad SMARTS) is 3. The maximum atomic E-state index is 12.3. The number of unbranched alkanes of at least 4 members (excludes halogenated alkanes) is 1. The molecule has 214 valence electrons. The molecule has 3 amide bonds. The van der Waals surface area contributed by atoms with Crippen LogP contribution in [0.15, 0.2) is 47.7 Å². The molecule has 0 aliphatic rings. The van der Waals surface area contributed by atoms with Crippen LogP contribution in [0, 0.1) is 6.92 Å². The summed E-state index contributed by atoms with van der Waals surface area (Å²) < 4.78 is 0. The number of hydrogen-bond acceptors (Lipinski definition) is 8. The Balaban J connectivity index is 1.72. The molecule has 0 aliphatic carbocycles. The average Bonchev–Trinajstić information content (AvgIpc) is 2.91. The van der Waals surface area contributed by atoms with Gasteiger partial charge in [-0.3, -0.25) is 15.0 Å². The molecule has 0 saturated heterocycles. The van der Waals surface area contributed by atoms with E-state index in [9.17, 15) is 29.1 Å². The van der Waals surface area contributed by atoms with Crippen LogP contribution in [0.5, 0.6) is 0 Å². The van der Waals surface area contributed by atoms with E-state index in [0.717, 1.165) is 11.1 Å². The van der Waals surface area contributed by atoms with Crippen molar-refractivity contribution in [1.29, 1.82) is 0 Å². The molecule has 40 heavy (non-hydrogen) atoms. The van der Waals surface area contributed by atoms with E-state index in [1.54, 1.807) is 18.3 Å². The van der Waals surface area contributed by atoms with Gasteiger partial charge in [0.05, 0.1) is 11.8 Å². The Morgan fingerprint density at radius 1 is 0.900 bits per heavy atom. The van der Waals surface area contributed by atoms with E-state index in [0.29, 0.717) is 24.2 Å². The van der Waals surface area contributed by atoms with Gasteiger partial charge in [0.15, 0.2) is 0 Å². The van der Waals surface area contributed by atoms with Crippen LogP contribution in [0.3, 0.4) is 0 Å². The molecule has 1 aromatic heterocycles. The van der Waals surface area contributed by atoms with Crippen molar-refractivity contribution in [3.63, 3.8) is 0 Å². The molecule has 2 atom stereocenters. The van der Waals surface area contributed by atoms with Gasteiger partial charge in [-0.05, 0) is 50.3 Å². The van der Waals surface area contributed by atoms with Crippen molar-refractivity contribution < 1.29 is 39.3 Å². The Kier molecular flexibility index (Phi) is 12.5. The molecule has 2 rings (SSSR count). The molecule has 14 heteroatoms. The van der Waals surface area contributed by atoms with Crippen molar-refractivity contribution in [1.82, 2.24) is 20.9 Å². The number of aliphatic carboxylic acids is 3. The molecule has 1 aromatic carbocycles. The van der Waals surface area contributed by atoms with Crippen molar-refractivity contribution in [3.05, 3.63) is 59.3 Å². The van der Waals surface area contributed by atoms with Crippen LogP contribution in [0.2, 0.25) is 0 Å². The fourth-order valence-electron chi connectivity index (χ4n) is 3.34. The van der Waals surface area contributed by atoms with Gasteiger partial charge < -0.3 is 31.3 Å². The number of amides is 3. The number of carboxylic acids is 3. The highest BCUT2D eigenvalue weighted by Gasteiger charge is 2.24. The number of nitrogens with zero attached hydrogens (tertiary/aromatic N) is 2. The zero-order valence-electron chi connectivity index (χ0n) is 21.8. The number of benzene rings is 1. The molecule has 0 saturated carbocycles. The third kappa shape index (κ3) is 11.6. The minimum Gasteiger partial charge on any atom is -0.481 e. The Hall–Kier alpha value is -5.01. The summed E-state index contributed by atoms with van der Waals surface area (Å²) in [6.45, 7) is 2.24. The van der Waals surface area contributed by atoms with Gasteiger partial charge in [0.2, 0.25) is 0 Å². The Bertz CT molecular complexity index is 1200. The first-order valence-electron chi connectivity index (χ1n) is 12.4. The predicted octanol–water partition coefficient (Wildman–Crippen LogP) is 1.81. The molecule has 0 spiro atoms. The number of aryl methyl sites for hydroxylation is 1. The molecule has 2 unspecified atom stereocenters. The smallest absolute Gasteiger partial charge is 0.326 e. The summed E-state index contributed by atoms with van der Waals surface area (Å²) in [7, 11) is 0. The van der Waals surface area contributed by atoms with Gasteiger partial charge in [-0.1, -0.05) is 29.8 Å². The monoisotopic (exact) mass is 556 g/mol. The lowest BCUT2D eigenvalue weighted by Crippen LogP contribution is -2.51. The second kappa shape index (κ2) is 16.1. The number of nitrogens with one attached hydrogen (secondary N) is 4. The van der Waals surface area contributed by atoms with Crippen molar-refractivity contribution >= 4 is 41.9 Å². The number of urea groups is 1. The Morgan fingerprint density at radius 2 is 1.55 bits per heavy atom. The minimum absolute atomic E-state index is 0.0243. The van der Waals surface area contributed by atoms with Crippen LogP contribution in [0.25, 0.3) is 0 Å². The average molecular weight is 557 g/mol. The summed E-state index contributed by atoms with van der Waals surface area (Å²) in [5.74, 6) is -3.90. The number of rotatable bonds is 16. The maximum Gasteiger partial charge on any atom is 0.326 e. The molecule has 7 N–H and O–H groups in total. The van der Waals surface area contributed by atoms with Crippen LogP contribution in [0.4, 0.5) is 10.6 Å². The van der Waals surface area contributed by atoms with E-state index in [4.69, 9.17) is 10.2 Å². The van der Waals surface area contributed by atoms with E-state index in [-0.39, 0.29) is 25.3 Å². The number of hydrazone groups is 1. The van der Waals surface area contributed by atoms with Gasteiger partial charge >= 0.3 is 23.9 Å². The van der Waals surface area contributed by atoms with E-state index >= 15 is 0 Å². The SMILES string of the molecule is Cc1ccc(/C=N/Nc2ccc(C(=O)NCCCCC(NC(=O)NC(CCC(=O)O)C(=O)O)C(=O)O)cn2)cc1. The lowest BCUT2D eigenvalue weighted by molar-refractivity contribution is -0.140. The summed E-state index contributed by atoms with van der Waals surface area (Å²) in [6.07, 6.45) is 2.97. The number of carbonyl (C=O) groups is 5. The van der Waals surface area contributed by atoms with Crippen LogP contribution < -0.4 is 21.4 Å². The summed E-state index contributed by atoms with van der Waals surface area (Å²) in [5, 5.41) is 38.2. The van der Waals surface area contributed by atoms with E-state index in [2.05, 4.69) is 31.5 Å². The molecule has 0 radical (unpaired) electrons. The molecular weight excluding hydrogens is 524 g/mol. The Morgan fingerprint density at radius 3 is 2.12 bits per heavy atom. The van der Waals surface area contributed by atoms with E-state index < -0.39 is 42.4 Å². The standard InChI is InChI=1S/C26H32N6O8/c1-16-5-7-17(8-6-16)14-29-32-21-11-9-18(15-28-21)23(35)27-13-3-2-4-19(24(36)37)30-26(40)31-20(25(38)39)10-12-22(33)34/h5-9,11,14-15,19-20H,2-4,10,12-13H2,1H3,(H,27,35)(H,28,32)(H,33,34)(H,36,37)(H,38,39)(H2,30,31,40)/b29-14+. The fraction of sp³-hybridized carbons (Fsp3) is 0.346. The highest BCUT2D eigenvalue weighted by Crippen LogP contribution is 2.07. The first-order valence-corrected chi connectivity index (χ1v) is 12.4. The second-order valence-corrected chi connectivity index (χ2v) is 8.80. The third-order valence-electron chi connectivity index (χ3n) is 5.55. The minimum atomic E-state index is -1.48. The van der Waals surface area contributed by atoms with Crippen LogP contribution in [-0.2, 0) is 14.4 Å². The lowest BCUT2D eigenvalue weighted by Gasteiger charge is -2.18. The summed E-state index contributed by atoms with van der Waals surface area (Å²) >= 11 is 0. The number of anilines is 1. The van der Waals surface area contributed by atoms with E-state index in [1.807, 2.05) is 31.2 Å². The molecule has 1 heterocycles. The lowest BCUT2D eigenvalue weighted by atomic mass is 10.1. The van der Waals surface area contributed by atoms with Crippen LogP contribution >= 0.6 is 0 Å². The number of aromatic nitrogens is 1. The van der Waals surface area contributed by atoms with Gasteiger partial charge in [-0.2, -0.15) is 5.10 Å². The largest absolute Gasteiger partial charge is 0.481 e. The van der Waals surface area contributed by atoms with Gasteiger partial charge in [-0.15, -0.1) is 0 Å². The van der Waals surface area contributed by atoms with Crippen molar-refractivity contribution in [3.8, 4) is 0 Å². The quantitative estimate of drug-likeness (QED) is 0.0902. The first kappa shape index (κ1) is 31.2. The Labute approximate surface area is 229 Å². The first-order chi connectivity index (χ1) is 19.0. The second-order valence-electron chi connectivity index (χ2n) is 8.80. The van der Waals surface area contributed by atoms with Gasteiger partial charge in [0, 0.05) is 19.2 Å². The summed E-state index contributed by atoms with van der Waals surface area (Å²) in [5.41, 5.74) is 5.17. The topological polar surface area (TPSA) is 219 Å². The van der Waals surface area contributed by atoms with Gasteiger partial charge in [0.25, 0.3) is 5.91 Å². The highest BCUT2D eigenvalue weighted by molar-refractivity contribution is 5.94. The third-order valence-corrected chi connectivity index (χ3v) is 5.55. The number of pyridine rings is 1. The number of hydrogen-bond donors (Lipinski definition) is 7. The normalized spacial score (nSPS) is 12.2. The molecule has 14 nitrogen and oxygen atoms in total. The van der Waals surface area contributed by atoms with Crippen LogP contribution in [0.1, 0.15) is 53.6 Å². The predicted molar refractivity (Wildman–Crippen MR) is 144 cm³/mol. The zero-order chi connectivity index (χ0) is 29.5. The molecular formula is C26H32N6O8. The molecule has 2 aromatic rings. The van der Waals surface area contributed by atoms with Gasteiger partial charge in [0.1, 0.15) is 17.9 Å². The zero-order valence-corrected chi connectivity index (χ0v) is 21.8. The number of carbonyl (C=O) groups excluding carboxylic acids is 2. The van der Waals surface area contributed by atoms with Crippen molar-refractivity contribution in [2.45, 2.75) is 51.1 Å². The molecule has 0 bridgehead atoms. The highest BCUT2D eigenvalue weighted by atomic mass is 16.4. The molecule has 0 fully saturated rings. The summed E-state index contributed by atoms with van der Waals surface area (Å²) in [4.78, 5) is 61.8. The molecule has 0 aliphatic heterocycles. The maximum absolute atomic E-state index is 12.3. The summed E-state index contributed by atoms with van der Waals surface area (Å²) in [6, 6.07) is 7.17. The van der Waals surface area contributed by atoms with Gasteiger partial charge in [-0.25, -0.2) is 19.4 Å². The van der Waals surface area contributed by atoms with E-state index in [1.165, 1.54) is 6.20 Å². The van der Waals surface area contributed by atoms with Crippen molar-refractivity contribution in [2.75, 3.05) is 12.0 Å². The van der Waals surface area contributed by atoms with Crippen LogP contribution in [-0.4, -0.2) is 75.0 Å². The van der Waals surface area contributed by atoms with Crippen molar-refractivity contribution in [2.24, 2.45) is 5.10 Å².